The zero-order valence-corrected chi connectivity index (χ0v) is 15.1. The van der Waals surface area contributed by atoms with Crippen molar-refractivity contribution in [3.05, 3.63) is 30.1 Å². The van der Waals surface area contributed by atoms with E-state index in [-0.39, 0.29) is 5.91 Å². The van der Waals surface area contributed by atoms with Crippen molar-refractivity contribution in [1.29, 1.82) is 0 Å². The van der Waals surface area contributed by atoms with Crippen LogP contribution in [-0.4, -0.2) is 26.2 Å². The second kappa shape index (κ2) is 7.35. The summed E-state index contributed by atoms with van der Waals surface area (Å²) in [5, 5.41) is 11.7. The minimum absolute atomic E-state index is 0.161. The van der Waals surface area contributed by atoms with Gasteiger partial charge in [-0.2, -0.15) is 0 Å². The van der Waals surface area contributed by atoms with E-state index in [2.05, 4.69) is 20.1 Å². The number of hydrogen-bond donors (Lipinski definition) is 2. The molecule has 6 nitrogen and oxygen atoms in total. The minimum Gasteiger partial charge on any atom is -0.324 e. The van der Waals surface area contributed by atoms with Crippen LogP contribution in [0.4, 0.5) is 5.69 Å². The molecule has 3 rings (SSSR count). The van der Waals surface area contributed by atoms with Gasteiger partial charge in [0, 0.05) is 24.2 Å². The maximum Gasteiger partial charge on any atom is 0.244 e. The van der Waals surface area contributed by atoms with Crippen molar-refractivity contribution < 1.29 is 4.79 Å². The number of benzene rings is 1. The fraction of sp³-hybridized carbons (Fsp3) is 0.526. The number of nitrogens with one attached hydrogen (secondary N) is 1. The summed E-state index contributed by atoms with van der Waals surface area (Å²) in [6, 6.07) is 7.76. The van der Waals surface area contributed by atoms with Gasteiger partial charge in [0.05, 0.1) is 5.54 Å². The molecule has 1 aliphatic rings. The van der Waals surface area contributed by atoms with Gasteiger partial charge in [0.15, 0.2) is 5.82 Å². The number of anilines is 1. The molecule has 1 atom stereocenters. The number of carbonyl (C=O) groups excluding carboxylic acids is 1. The smallest absolute Gasteiger partial charge is 0.244 e. The Balaban J connectivity index is 1.83. The third-order valence-corrected chi connectivity index (χ3v) is 4.78. The highest BCUT2D eigenvalue weighted by atomic mass is 16.2. The number of hydrogen-bond acceptors (Lipinski definition) is 4. The summed E-state index contributed by atoms with van der Waals surface area (Å²) in [7, 11) is 0. The molecule has 1 unspecified atom stereocenters. The summed E-state index contributed by atoms with van der Waals surface area (Å²) in [4.78, 5) is 12.4. The summed E-state index contributed by atoms with van der Waals surface area (Å²) in [6.07, 6.45) is 6.04. The first-order valence-electron chi connectivity index (χ1n) is 9.14. The van der Waals surface area contributed by atoms with Crippen LogP contribution in [0.1, 0.15) is 51.8 Å². The molecule has 25 heavy (non-hydrogen) atoms. The van der Waals surface area contributed by atoms with Gasteiger partial charge in [-0.15, -0.1) is 10.2 Å². The second-order valence-electron chi connectivity index (χ2n) is 7.10. The predicted molar refractivity (Wildman–Crippen MR) is 99.1 cm³/mol. The summed E-state index contributed by atoms with van der Waals surface area (Å²) >= 11 is 0. The van der Waals surface area contributed by atoms with Gasteiger partial charge in [-0.25, -0.2) is 0 Å². The quantitative estimate of drug-likeness (QED) is 0.875. The third-order valence-electron chi connectivity index (χ3n) is 4.78. The third kappa shape index (κ3) is 3.90. The number of rotatable bonds is 5. The van der Waals surface area contributed by atoms with Gasteiger partial charge in [0.2, 0.25) is 5.91 Å². The molecule has 0 fully saturated rings. The second-order valence-corrected chi connectivity index (χ2v) is 7.10. The molecule has 6 heteroatoms. The van der Waals surface area contributed by atoms with E-state index < -0.39 is 5.54 Å². The van der Waals surface area contributed by atoms with E-state index in [9.17, 15) is 4.79 Å². The van der Waals surface area contributed by atoms with Crippen LogP contribution in [0.15, 0.2) is 24.3 Å². The Morgan fingerprint density at radius 2 is 2.16 bits per heavy atom. The average Bonchev–Trinajstić information content (AvgIpc) is 2.84. The summed E-state index contributed by atoms with van der Waals surface area (Å²) in [6.45, 7) is 4.75. The molecule has 3 N–H and O–H groups in total. The normalized spacial score (nSPS) is 16.6. The van der Waals surface area contributed by atoms with Gasteiger partial charge in [-0.1, -0.05) is 31.9 Å². The minimum atomic E-state index is -0.864. The van der Waals surface area contributed by atoms with Gasteiger partial charge < -0.3 is 15.6 Å². The van der Waals surface area contributed by atoms with Gasteiger partial charge in [0.1, 0.15) is 5.82 Å². The summed E-state index contributed by atoms with van der Waals surface area (Å²) in [5.41, 5.74) is 6.96. The number of nitrogens with zero attached hydrogens (tertiary/aromatic N) is 3. The highest BCUT2D eigenvalue weighted by Crippen LogP contribution is 2.25. The van der Waals surface area contributed by atoms with Crippen LogP contribution in [0.5, 0.6) is 0 Å². The van der Waals surface area contributed by atoms with Gasteiger partial charge in [-0.3, -0.25) is 4.79 Å². The zero-order valence-electron chi connectivity index (χ0n) is 15.1. The molecule has 1 aromatic carbocycles. The van der Waals surface area contributed by atoms with Crippen LogP contribution in [0.2, 0.25) is 0 Å². The summed E-state index contributed by atoms with van der Waals surface area (Å²) < 4.78 is 2.21. The maximum absolute atomic E-state index is 12.4. The molecule has 2 heterocycles. The first-order valence-corrected chi connectivity index (χ1v) is 9.14. The Hall–Kier alpha value is -2.21. The molecular formula is C19H27N5O. The molecule has 2 aromatic rings. The number of carbonyl (C=O) groups is 1. The van der Waals surface area contributed by atoms with Crippen molar-refractivity contribution in [3.8, 4) is 11.4 Å². The average molecular weight is 341 g/mol. The lowest BCUT2D eigenvalue weighted by Gasteiger charge is -2.23. The van der Waals surface area contributed by atoms with Crippen LogP contribution in [0.3, 0.4) is 0 Å². The summed E-state index contributed by atoms with van der Waals surface area (Å²) in [5.74, 6) is 1.77. The molecule has 1 aliphatic heterocycles. The Morgan fingerprint density at radius 3 is 2.96 bits per heavy atom. The Morgan fingerprint density at radius 1 is 1.32 bits per heavy atom. The van der Waals surface area contributed by atoms with E-state index >= 15 is 0 Å². The number of aryl methyl sites for hydroxylation is 1. The molecule has 0 aliphatic carbocycles. The fourth-order valence-electron chi connectivity index (χ4n) is 3.34. The highest BCUT2D eigenvalue weighted by molar-refractivity contribution is 5.98. The van der Waals surface area contributed by atoms with E-state index in [1.807, 2.05) is 31.2 Å². The number of nitrogens with two attached hydrogens (primary N) is 1. The van der Waals surface area contributed by atoms with Crippen LogP contribution >= 0.6 is 0 Å². The van der Waals surface area contributed by atoms with E-state index in [4.69, 9.17) is 5.73 Å². The largest absolute Gasteiger partial charge is 0.324 e. The molecule has 134 valence electrons. The van der Waals surface area contributed by atoms with Crippen LogP contribution in [0.25, 0.3) is 11.4 Å². The molecular weight excluding hydrogens is 314 g/mol. The van der Waals surface area contributed by atoms with Gasteiger partial charge in [-0.05, 0) is 38.3 Å². The standard InChI is InChI=1S/C19H27N5O/c1-3-11-19(2,20)18(25)21-15-9-7-8-14(13-15)17-23-22-16-10-5-4-6-12-24(16)17/h7-9,13H,3-6,10-12,20H2,1-2H3,(H,21,25). The lowest BCUT2D eigenvalue weighted by Crippen LogP contribution is -2.48. The number of fused-ring (bicyclic) bond motifs is 1. The van der Waals surface area contributed by atoms with E-state index in [1.54, 1.807) is 6.92 Å². The molecule has 0 radical (unpaired) electrons. The van der Waals surface area contributed by atoms with E-state index in [0.717, 1.165) is 48.7 Å². The maximum atomic E-state index is 12.4. The van der Waals surface area contributed by atoms with Crippen molar-refractivity contribution in [2.75, 3.05) is 5.32 Å². The van der Waals surface area contributed by atoms with Crippen LogP contribution in [-0.2, 0) is 17.8 Å². The topological polar surface area (TPSA) is 85.8 Å². The van der Waals surface area contributed by atoms with Crippen molar-refractivity contribution in [2.24, 2.45) is 5.73 Å². The predicted octanol–water partition coefficient (Wildman–Crippen LogP) is 3.13. The molecule has 0 spiro atoms. The molecule has 0 saturated heterocycles. The molecule has 0 bridgehead atoms. The monoisotopic (exact) mass is 341 g/mol. The Bertz CT molecular complexity index is 750. The first-order chi connectivity index (χ1) is 12.0. The van der Waals surface area contributed by atoms with Crippen LogP contribution in [0, 0.1) is 0 Å². The van der Waals surface area contributed by atoms with Crippen molar-refractivity contribution in [3.63, 3.8) is 0 Å². The Labute approximate surface area is 148 Å². The number of aromatic nitrogens is 3. The molecule has 1 aromatic heterocycles. The van der Waals surface area contributed by atoms with Gasteiger partial charge >= 0.3 is 0 Å². The van der Waals surface area contributed by atoms with Crippen molar-refractivity contribution in [1.82, 2.24) is 14.8 Å². The van der Waals surface area contributed by atoms with Crippen molar-refractivity contribution in [2.45, 2.75) is 64.5 Å². The number of amides is 1. The van der Waals surface area contributed by atoms with Crippen molar-refractivity contribution >= 4 is 11.6 Å². The first kappa shape index (κ1) is 17.6. The Kier molecular flexibility index (Phi) is 5.18. The van der Waals surface area contributed by atoms with E-state index in [1.165, 1.54) is 12.8 Å². The van der Waals surface area contributed by atoms with E-state index in [0.29, 0.717) is 6.42 Å². The van der Waals surface area contributed by atoms with Crippen LogP contribution < -0.4 is 11.1 Å². The highest BCUT2D eigenvalue weighted by Gasteiger charge is 2.27. The lowest BCUT2D eigenvalue weighted by atomic mass is 9.96. The SMILES string of the molecule is CCCC(C)(N)C(=O)Nc1cccc(-c2nnc3n2CCCCC3)c1. The molecule has 1 amide bonds. The molecule has 0 saturated carbocycles. The fourth-order valence-corrected chi connectivity index (χ4v) is 3.34. The lowest BCUT2D eigenvalue weighted by molar-refractivity contribution is -0.120. The van der Waals surface area contributed by atoms with Gasteiger partial charge in [0.25, 0.3) is 0 Å². The zero-order chi connectivity index (χ0) is 17.9.